The molecule has 8 aromatic carbocycles. The van der Waals surface area contributed by atoms with E-state index in [0.29, 0.717) is 0 Å². The van der Waals surface area contributed by atoms with Crippen LogP contribution in [0.3, 0.4) is 0 Å². The molecule has 3 aliphatic heterocycles. The first-order chi connectivity index (χ1) is 38.1. The molecule has 0 amide bonds. The van der Waals surface area contributed by atoms with Crippen molar-refractivity contribution < 1.29 is 0 Å². The average molecular weight is 1080 g/mol. The lowest BCUT2D eigenvalue weighted by Crippen LogP contribution is -2.64. The van der Waals surface area contributed by atoms with Crippen molar-refractivity contribution in [3.05, 3.63) is 185 Å². The van der Waals surface area contributed by atoms with Gasteiger partial charge in [0.25, 0.3) is 6.71 Å². The van der Waals surface area contributed by atoms with Crippen LogP contribution in [-0.4, -0.2) is 12.3 Å². The molecule has 1 fully saturated rings. The molecule has 1 aromatic heterocycles. The molecule has 81 heavy (non-hydrogen) atoms. The van der Waals surface area contributed by atoms with E-state index >= 15 is 0 Å². The molecular formula is C76H84BN3S. The molecule has 9 aromatic rings. The fourth-order valence-electron chi connectivity index (χ4n) is 14.6. The van der Waals surface area contributed by atoms with E-state index in [4.69, 9.17) is 0 Å². The van der Waals surface area contributed by atoms with Crippen molar-refractivity contribution in [1.82, 2.24) is 0 Å². The lowest BCUT2D eigenvalue weighted by Gasteiger charge is -2.53. The van der Waals surface area contributed by atoms with Crippen LogP contribution in [0.25, 0.3) is 31.3 Å². The van der Waals surface area contributed by atoms with Gasteiger partial charge in [0.2, 0.25) is 0 Å². The van der Waals surface area contributed by atoms with Crippen molar-refractivity contribution in [2.75, 3.05) is 14.7 Å². The Morgan fingerprint density at radius 2 is 0.988 bits per heavy atom. The fourth-order valence-corrected chi connectivity index (χ4v) is 16.0. The van der Waals surface area contributed by atoms with Crippen LogP contribution in [0.5, 0.6) is 0 Å². The molecule has 2 unspecified atom stereocenters. The molecule has 1 aliphatic carbocycles. The summed E-state index contributed by atoms with van der Waals surface area (Å²) in [4.78, 5) is 8.24. The number of nitrogens with zero attached hydrogens (tertiary/aromatic N) is 3. The van der Waals surface area contributed by atoms with Crippen LogP contribution in [-0.2, 0) is 32.5 Å². The van der Waals surface area contributed by atoms with Gasteiger partial charge >= 0.3 is 0 Å². The summed E-state index contributed by atoms with van der Waals surface area (Å²) < 4.78 is 2.76. The van der Waals surface area contributed by atoms with Gasteiger partial charge in [0.05, 0.1) is 16.9 Å². The zero-order chi connectivity index (χ0) is 57.3. The zero-order valence-corrected chi connectivity index (χ0v) is 52.4. The van der Waals surface area contributed by atoms with Crippen molar-refractivity contribution in [2.24, 2.45) is 0 Å². The van der Waals surface area contributed by atoms with E-state index in [9.17, 15) is 0 Å². The van der Waals surface area contributed by atoms with Gasteiger partial charge in [-0.25, -0.2) is 0 Å². The van der Waals surface area contributed by atoms with Gasteiger partial charge in [0, 0.05) is 59.9 Å². The van der Waals surface area contributed by atoms with E-state index in [1.54, 1.807) is 5.56 Å². The minimum Gasteiger partial charge on any atom is -0.335 e. The lowest BCUT2D eigenvalue weighted by atomic mass is 9.33. The molecule has 5 heteroatoms. The van der Waals surface area contributed by atoms with Crippen LogP contribution in [0.2, 0.25) is 0 Å². The Morgan fingerprint density at radius 3 is 1.59 bits per heavy atom. The summed E-state index contributed by atoms with van der Waals surface area (Å²) in [5, 5.41) is 2.70. The standard InChI is InChI=1S/C76H84BN3S/c1-70(2,3)48-25-31-53(32-26-48)78(54-33-27-49(28-34-54)71(4,5)6)55-45-63-66-64(46-55)80-68-59(75(16)39-21-22-40-76(75,80)17)42-52(74(13,14)15)43-60(68)77(66)67-62(38-36-57-56-35-29-51(73(10,11)12)44-65(56)81-69(57)67)79(63)61-37-30-50(72(7,8)9)41-58(61)47-23-19-18-20-24-47/h18-20,23-38,41-46H,21-22,39-40H2,1-17H3. The highest BCUT2D eigenvalue weighted by Gasteiger charge is 2.62. The van der Waals surface area contributed by atoms with Crippen LogP contribution in [0.1, 0.15) is 177 Å². The second-order valence-electron chi connectivity index (χ2n) is 30.2. The number of hydrogen-bond acceptors (Lipinski definition) is 4. The fraction of sp³-hybridized carbons (Fsp3) is 0.368. The third-order valence-corrected chi connectivity index (χ3v) is 21.0. The molecule has 0 radical (unpaired) electrons. The molecule has 0 spiro atoms. The Morgan fingerprint density at radius 1 is 0.457 bits per heavy atom. The maximum atomic E-state index is 2.94. The van der Waals surface area contributed by atoms with Crippen LogP contribution < -0.4 is 31.1 Å². The first-order valence-electron chi connectivity index (χ1n) is 30.2. The van der Waals surface area contributed by atoms with Crippen LogP contribution in [0, 0.1) is 0 Å². The lowest BCUT2D eigenvalue weighted by molar-refractivity contribution is 0.195. The van der Waals surface area contributed by atoms with Gasteiger partial charge in [-0.3, -0.25) is 0 Å². The second-order valence-corrected chi connectivity index (χ2v) is 31.3. The molecule has 4 aliphatic rings. The second kappa shape index (κ2) is 18.0. The predicted molar refractivity (Wildman–Crippen MR) is 355 cm³/mol. The monoisotopic (exact) mass is 1080 g/mol. The Hall–Kier alpha value is -6.56. The number of hydrogen-bond donors (Lipinski definition) is 0. The maximum Gasteiger partial charge on any atom is 0.254 e. The Bertz CT molecular complexity index is 3940. The summed E-state index contributed by atoms with van der Waals surface area (Å²) in [6.07, 6.45) is 4.74. The number of fused-ring (bicyclic) bond motifs is 11. The third kappa shape index (κ3) is 8.31. The highest BCUT2D eigenvalue weighted by atomic mass is 32.1. The van der Waals surface area contributed by atoms with E-state index in [2.05, 4.69) is 284 Å². The van der Waals surface area contributed by atoms with E-state index < -0.39 is 0 Å². The molecular weight excluding hydrogens is 998 g/mol. The minimum absolute atomic E-state index is 0.0140. The van der Waals surface area contributed by atoms with Crippen molar-refractivity contribution in [3.8, 4) is 11.1 Å². The molecule has 412 valence electrons. The quantitative estimate of drug-likeness (QED) is 0.159. The highest BCUT2D eigenvalue weighted by molar-refractivity contribution is 7.28. The van der Waals surface area contributed by atoms with Crippen LogP contribution in [0.15, 0.2) is 152 Å². The minimum atomic E-state index is -0.175. The van der Waals surface area contributed by atoms with Crippen LogP contribution >= 0.6 is 11.3 Å². The largest absolute Gasteiger partial charge is 0.335 e. The normalized spacial score (nSPS) is 18.8. The predicted octanol–water partition coefficient (Wildman–Crippen LogP) is 20.0. The molecule has 0 N–H and O–H groups in total. The van der Waals surface area contributed by atoms with E-state index in [1.165, 1.54) is 123 Å². The zero-order valence-electron chi connectivity index (χ0n) is 51.6. The first-order valence-corrected chi connectivity index (χ1v) is 31.1. The van der Waals surface area contributed by atoms with E-state index in [-0.39, 0.29) is 44.7 Å². The number of anilines is 8. The number of benzene rings is 8. The molecule has 4 heterocycles. The van der Waals surface area contributed by atoms with E-state index in [0.717, 1.165) is 23.5 Å². The van der Waals surface area contributed by atoms with Gasteiger partial charge in [0.15, 0.2) is 0 Å². The smallest absolute Gasteiger partial charge is 0.254 e. The van der Waals surface area contributed by atoms with Gasteiger partial charge in [-0.05, 0) is 168 Å². The third-order valence-electron chi connectivity index (χ3n) is 19.8. The molecule has 13 rings (SSSR count). The molecule has 2 atom stereocenters. The number of thiophene rings is 1. The molecule has 0 bridgehead atoms. The van der Waals surface area contributed by atoms with Crippen molar-refractivity contribution >= 4 is 100 Å². The van der Waals surface area contributed by atoms with Gasteiger partial charge in [-0.15, -0.1) is 11.3 Å². The summed E-state index contributed by atoms with van der Waals surface area (Å²) in [7, 11) is 0. The maximum absolute atomic E-state index is 2.94. The summed E-state index contributed by atoms with van der Waals surface area (Å²) in [6.45, 7) is 40.6. The Kier molecular flexibility index (Phi) is 11.9. The van der Waals surface area contributed by atoms with Gasteiger partial charge < -0.3 is 14.7 Å². The Balaban J connectivity index is 1.21. The average Bonchev–Trinajstić information content (AvgIpc) is 3.67. The summed E-state index contributed by atoms with van der Waals surface area (Å²) >= 11 is 2.02. The van der Waals surface area contributed by atoms with Crippen molar-refractivity contribution in [3.63, 3.8) is 0 Å². The van der Waals surface area contributed by atoms with Crippen LogP contribution in [0.4, 0.5) is 45.5 Å². The highest BCUT2D eigenvalue weighted by Crippen LogP contribution is 2.63. The molecule has 3 nitrogen and oxygen atoms in total. The molecule has 1 saturated carbocycles. The summed E-state index contributed by atoms with van der Waals surface area (Å²) in [5.74, 6) is 0. The van der Waals surface area contributed by atoms with Crippen molar-refractivity contribution in [2.45, 2.75) is 181 Å². The van der Waals surface area contributed by atoms with Gasteiger partial charge in [0.1, 0.15) is 0 Å². The van der Waals surface area contributed by atoms with E-state index in [1.807, 2.05) is 11.3 Å². The molecule has 0 saturated heterocycles. The number of rotatable bonds is 5. The summed E-state index contributed by atoms with van der Waals surface area (Å²) in [6, 6.07) is 60.4. The van der Waals surface area contributed by atoms with Gasteiger partial charge in [-0.2, -0.15) is 0 Å². The van der Waals surface area contributed by atoms with Gasteiger partial charge in [-0.1, -0.05) is 215 Å². The first kappa shape index (κ1) is 53.7. The topological polar surface area (TPSA) is 9.72 Å². The summed E-state index contributed by atoms with van der Waals surface area (Å²) in [5.41, 5.74) is 24.8. The van der Waals surface area contributed by atoms with Crippen molar-refractivity contribution in [1.29, 1.82) is 0 Å². The Labute approximate surface area is 489 Å². The SMILES string of the molecule is CC(C)(C)c1ccc(N(c2ccc(C(C)(C)C)cc2)c2cc3c4c(c2)N2c5c(cc(C(C)(C)C)cc5C5(C)CCCCC25C)B4c2c(ccc4c2sc2cc(C(C)(C)C)ccc24)N3c2ccc(C(C)(C)C)cc2-c2ccccc2)cc1.